The summed E-state index contributed by atoms with van der Waals surface area (Å²) in [6.07, 6.45) is 1.62. The molecular weight excluding hydrogens is 216 g/mol. The molecule has 0 saturated heterocycles. The predicted octanol–water partition coefficient (Wildman–Crippen LogP) is 1.15. The summed E-state index contributed by atoms with van der Waals surface area (Å²) in [5.41, 5.74) is 0.586. The van der Waals surface area contributed by atoms with E-state index in [1.807, 2.05) is 32.3 Å². The number of hydrogen-bond donors (Lipinski definition) is 0. The van der Waals surface area contributed by atoms with Crippen molar-refractivity contribution >= 4 is 23.2 Å². The smallest absolute Gasteiger partial charge is 0.262 e. The number of nitrogens with zero attached hydrogens (tertiary/aromatic N) is 4. The lowest BCUT2D eigenvalue weighted by Gasteiger charge is -2.06. The van der Waals surface area contributed by atoms with Crippen LogP contribution in [0, 0.1) is 0 Å². The van der Waals surface area contributed by atoms with Gasteiger partial charge in [0, 0.05) is 21.1 Å². The molecule has 0 N–H and O–H groups in total. The van der Waals surface area contributed by atoms with Gasteiger partial charge in [0.2, 0.25) is 5.95 Å². The Morgan fingerprint density at radius 2 is 2.06 bits per heavy atom. The Hall–Kier alpha value is -2.17. The van der Waals surface area contributed by atoms with Crippen LogP contribution in [0.3, 0.4) is 0 Å². The molecule has 0 saturated carbocycles. The van der Waals surface area contributed by atoms with Crippen molar-refractivity contribution in [2.45, 2.75) is 0 Å². The standard InChI is InChI=1S/C12H14N4O/c1-15(2)8-13-12-14-10-7-5-4-6-9(10)11(17)16(12)3/h4-8H,1-3H3. The van der Waals surface area contributed by atoms with E-state index in [0.717, 1.165) is 0 Å². The molecule has 1 aromatic heterocycles. The summed E-state index contributed by atoms with van der Waals surface area (Å²) < 4.78 is 1.45. The van der Waals surface area contributed by atoms with E-state index in [0.29, 0.717) is 16.9 Å². The second-order valence-corrected chi connectivity index (χ2v) is 4.00. The zero-order chi connectivity index (χ0) is 12.4. The van der Waals surface area contributed by atoms with Crippen molar-refractivity contribution in [2.75, 3.05) is 14.1 Å². The number of rotatable bonds is 2. The molecule has 2 rings (SSSR count). The number of hydrogen-bond acceptors (Lipinski definition) is 3. The number of benzene rings is 1. The van der Waals surface area contributed by atoms with Crippen LogP contribution >= 0.6 is 0 Å². The molecule has 2 aromatic rings. The molecule has 1 heterocycles. The number of aromatic nitrogens is 2. The highest BCUT2D eigenvalue weighted by Gasteiger charge is 2.05. The number of fused-ring (bicyclic) bond motifs is 1. The first-order valence-corrected chi connectivity index (χ1v) is 5.26. The van der Waals surface area contributed by atoms with Crippen LogP contribution in [0.1, 0.15) is 0 Å². The monoisotopic (exact) mass is 230 g/mol. The molecule has 1 aromatic carbocycles. The van der Waals surface area contributed by atoms with Gasteiger partial charge in [-0.25, -0.2) is 9.98 Å². The van der Waals surface area contributed by atoms with Crippen molar-refractivity contribution in [1.82, 2.24) is 14.5 Å². The Bertz CT molecular complexity index is 628. The van der Waals surface area contributed by atoms with E-state index in [1.54, 1.807) is 24.4 Å². The highest BCUT2D eigenvalue weighted by Crippen LogP contribution is 2.11. The Kier molecular flexibility index (Phi) is 2.91. The van der Waals surface area contributed by atoms with E-state index >= 15 is 0 Å². The van der Waals surface area contributed by atoms with Crippen LogP contribution in [-0.4, -0.2) is 34.9 Å². The average molecular weight is 230 g/mol. The fraction of sp³-hybridized carbons (Fsp3) is 0.250. The molecule has 0 radical (unpaired) electrons. The minimum absolute atomic E-state index is 0.0819. The van der Waals surface area contributed by atoms with Crippen LogP contribution in [0.25, 0.3) is 10.9 Å². The summed E-state index contributed by atoms with van der Waals surface area (Å²) in [7, 11) is 5.40. The van der Waals surface area contributed by atoms with Gasteiger partial charge in [0.05, 0.1) is 17.2 Å². The topological polar surface area (TPSA) is 50.5 Å². The molecule has 88 valence electrons. The lowest BCUT2D eigenvalue weighted by Crippen LogP contribution is -2.18. The molecule has 5 heteroatoms. The lowest BCUT2D eigenvalue weighted by atomic mass is 10.2. The third kappa shape index (κ3) is 2.18. The predicted molar refractivity (Wildman–Crippen MR) is 68.8 cm³/mol. The van der Waals surface area contributed by atoms with Gasteiger partial charge in [0.15, 0.2) is 0 Å². The molecular formula is C12H14N4O. The third-order valence-corrected chi connectivity index (χ3v) is 2.36. The van der Waals surface area contributed by atoms with Crippen LogP contribution in [-0.2, 0) is 7.05 Å². The van der Waals surface area contributed by atoms with Crippen molar-refractivity contribution in [3.63, 3.8) is 0 Å². The zero-order valence-corrected chi connectivity index (χ0v) is 10.1. The van der Waals surface area contributed by atoms with Gasteiger partial charge in [-0.3, -0.25) is 9.36 Å². The molecule has 0 spiro atoms. The van der Waals surface area contributed by atoms with Crippen LogP contribution in [0.5, 0.6) is 0 Å². The Labute approximate surface area is 99.0 Å². The molecule has 0 amide bonds. The summed E-state index contributed by atoms with van der Waals surface area (Å²) in [5.74, 6) is 0.405. The summed E-state index contributed by atoms with van der Waals surface area (Å²) in [5, 5.41) is 0.610. The highest BCUT2D eigenvalue weighted by atomic mass is 16.1. The zero-order valence-electron chi connectivity index (χ0n) is 10.1. The Morgan fingerprint density at radius 3 is 2.76 bits per heavy atom. The minimum Gasteiger partial charge on any atom is -0.369 e. The molecule has 5 nitrogen and oxygen atoms in total. The summed E-state index contributed by atoms with van der Waals surface area (Å²) in [6, 6.07) is 7.26. The van der Waals surface area contributed by atoms with Crippen molar-refractivity contribution in [1.29, 1.82) is 0 Å². The molecule has 0 unspecified atom stereocenters. The molecule has 0 aliphatic carbocycles. The Balaban J connectivity index is 2.66. The van der Waals surface area contributed by atoms with Gasteiger partial charge in [-0.05, 0) is 12.1 Å². The van der Waals surface area contributed by atoms with Gasteiger partial charge in [0.25, 0.3) is 5.56 Å². The molecule has 0 atom stereocenters. The van der Waals surface area contributed by atoms with Gasteiger partial charge in [-0.1, -0.05) is 12.1 Å². The van der Waals surface area contributed by atoms with E-state index in [1.165, 1.54) is 4.57 Å². The quantitative estimate of drug-likeness (QED) is 0.574. The third-order valence-electron chi connectivity index (χ3n) is 2.36. The van der Waals surface area contributed by atoms with Gasteiger partial charge in [-0.15, -0.1) is 0 Å². The Morgan fingerprint density at radius 1 is 1.35 bits per heavy atom. The lowest BCUT2D eigenvalue weighted by molar-refractivity contribution is 0.641. The second-order valence-electron chi connectivity index (χ2n) is 4.00. The summed E-state index contributed by atoms with van der Waals surface area (Å²) in [4.78, 5) is 22.3. The largest absolute Gasteiger partial charge is 0.369 e. The maximum atomic E-state index is 12.0. The minimum atomic E-state index is -0.0819. The maximum absolute atomic E-state index is 12.0. The first-order chi connectivity index (χ1) is 8.09. The SMILES string of the molecule is CN(C)C=Nc1nc2ccccc2c(=O)n1C. The summed E-state index contributed by atoms with van der Waals surface area (Å²) >= 11 is 0. The van der Waals surface area contributed by atoms with E-state index in [9.17, 15) is 4.79 Å². The molecule has 0 bridgehead atoms. The van der Waals surface area contributed by atoms with Crippen LogP contribution in [0.4, 0.5) is 5.95 Å². The van der Waals surface area contributed by atoms with E-state index in [-0.39, 0.29) is 5.56 Å². The van der Waals surface area contributed by atoms with Crippen molar-refractivity contribution in [3.8, 4) is 0 Å². The van der Waals surface area contributed by atoms with Gasteiger partial charge in [0.1, 0.15) is 0 Å². The van der Waals surface area contributed by atoms with E-state index in [4.69, 9.17) is 0 Å². The molecule has 17 heavy (non-hydrogen) atoms. The fourth-order valence-corrected chi connectivity index (χ4v) is 1.49. The van der Waals surface area contributed by atoms with Gasteiger partial charge < -0.3 is 4.90 Å². The van der Waals surface area contributed by atoms with Crippen molar-refractivity contribution < 1.29 is 0 Å². The maximum Gasteiger partial charge on any atom is 0.262 e. The summed E-state index contributed by atoms with van der Waals surface area (Å²) in [6.45, 7) is 0. The van der Waals surface area contributed by atoms with Crippen molar-refractivity contribution in [3.05, 3.63) is 34.6 Å². The van der Waals surface area contributed by atoms with Gasteiger partial charge in [-0.2, -0.15) is 0 Å². The van der Waals surface area contributed by atoms with E-state index < -0.39 is 0 Å². The first-order valence-electron chi connectivity index (χ1n) is 5.26. The number of para-hydroxylation sites is 1. The van der Waals surface area contributed by atoms with E-state index in [2.05, 4.69) is 9.98 Å². The van der Waals surface area contributed by atoms with Crippen LogP contribution in [0.2, 0.25) is 0 Å². The molecule has 0 fully saturated rings. The highest BCUT2D eigenvalue weighted by molar-refractivity contribution is 5.78. The first kappa shape index (κ1) is 11.3. The number of aliphatic imine (C=N–C) groups is 1. The average Bonchev–Trinajstić information content (AvgIpc) is 2.32. The normalized spacial score (nSPS) is 11.2. The van der Waals surface area contributed by atoms with Crippen molar-refractivity contribution in [2.24, 2.45) is 12.0 Å². The van der Waals surface area contributed by atoms with Crippen LogP contribution < -0.4 is 5.56 Å². The molecule has 0 aliphatic rings. The molecule has 0 aliphatic heterocycles. The van der Waals surface area contributed by atoms with Crippen LogP contribution in [0.15, 0.2) is 34.1 Å². The fourth-order valence-electron chi connectivity index (χ4n) is 1.49. The second kappa shape index (κ2) is 4.37. The van der Waals surface area contributed by atoms with Gasteiger partial charge >= 0.3 is 0 Å².